The normalized spacial score (nSPS) is 11.3. The number of carbonyl (C=O) groups is 1. The lowest BCUT2D eigenvalue weighted by molar-refractivity contribution is 0.104. The summed E-state index contributed by atoms with van der Waals surface area (Å²) in [6, 6.07) is 10.4. The maximum atomic E-state index is 12.2. The second kappa shape index (κ2) is 5.81. The van der Waals surface area contributed by atoms with Crippen molar-refractivity contribution in [2.45, 2.75) is 13.5 Å². The largest absolute Gasteiger partial charge is 0.422 e. The van der Waals surface area contributed by atoms with Crippen LogP contribution in [0.4, 0.5) is 0 Å². The van der Waals surface area contributed by atoms with Crippen LogP contribution in [0.3, 0.4) is 0 Å². The van der Waals surface area contributed by atoms with Crippen LogP contribution in [0.2, 0.25) is 0 Å². The van der Waals surface area contributed by atoms with E-state index in [1.54, 1.807) is 41.1 Å². The van der Waals surface area contributed by atoms with Gasteiger partial charge in [-0.2, -0.15) is 5.10 Å². The van der Waals surface area contributed by atoms with Crippen molar-refractivity contribution in [1.29, 1.82) is 0 Å². The van der Waals surface area contributed by atoms with Gasteiger partial charge in [-0.15, -0.1) is 0 Å². The molecule has 0 bridgehead atoms. The van der Waals surface area contributed by atoms with Crippen molar-refractivity contribution in [3.05, 3.63) is 70.3 Å². The number of aromatic nitrogens is 2. The van der Waals surface area contributed by atoms with E-state index in [1.165, 1.54) is 6.08 Å². The molecule has 0 aliphatic heterocycles. The van der Waals surface area contributed by atoms with Gasteiger partial charge in [0.25, 0.3) is 0 Å². The molecule has 0 saturated heterocycles. The molecule has 22 heavy (non-hydrogen) atoms. The molecule has 0 atom stereocenters. The average molecular weight is 294 g/mol. The molecule has 0 N–H and O–H groups in total. The highest BCUT2D eigenvalue weighted by atomic mass is 16.4. The van der Waals surface area contributed by atoms with Crippen molar-refractivity contribution in [3.63, 3.8) is 0 Å². The highest BCUT2D eigenvalue weighted by Crippen LogP contribution is 2.13. The maximum Gasteiger partial charge on any atom is 0.347 e. The van der Waals surface area contributed by atoms with Crippen LogP contribution >= 0.6 is 0 Å². The van der Waals surface area contributed by atoms with Crippen molar-refractivity contribution < 1.29 is 9.21 Å². The standard InChI is InChI=1S/C17H14N2O3/c1-2-19-10-9-13(18-19)7-8-15(20)14-11-12-5-3-4-6-16(12)22-17(14)21/h3-11H,2H2,1H3. The Bertz CT molecular complexity index is 919. The van der Waals surface area contributed by atoms with Gasteiger partial charge in [0.15, 0.2) is 5.78 Å². The molecule has 2 heterocycles. The zero-order chi connectivity index (χ0) is 15.5. The van der Waals surface area contributed by atoms with Crippen molar-refractivity contribution in [2.24, 2.45) is 0 Å². The van der Waals surface area contributed by atoms with Gasteiger partial charge in [0.05, 0.1) is 5.69 Å². The number of para-hydroxylation sites is 1. The minimum Gasteiger partial charge on any atom is -0.422 e. The van der Waals surface area contributed by atoms with E-state index in [4.69, 9.17) is 4.42 Å². The van der Waals surface area contributed by atoms with Gasteiger partial charge in [-0.05, 0) is 37.3 Å². The molecule has 0 radical (unpaired) electrons. The Balaban J connectivity index is 1.91. The molecule has 0 amide bonds. The van der Waals surface area contributed by atoms with Crippen LogP contribution in [0.1, 0.15) is 23.0 Å². The summed E-state index contributed by atoms with van der Waals surface area (Å²) in [7, 11) is 0. The number of benzene rings is 1. The van der Waals surface area contributed by atoms with Gasteiger partial charge >= 0.3 is 5.63 Å². The Kier molecular flexibility index (Phi) is 3.70. The highest BCUT2D eigenvalue weighted by Gasteiger charge is 2.11. The predicted octanol–water partition coefficient (Wildman–Crippen LogP) is 2.91. The second-order valence-corrected chi connectivity index (χ2v) is 4.78. The van der Waals surface area contributed by atoms with Crippen molar-refractivity contribution in [2.75, 3.05) is 0 Å². The number of carbonyl (C=O) groups excluding carboxylic acids is 1. The first-order valence-electron chi connectivity index (χ1n) is 6.96. The summed E-state index contributed by atoms with van der Waals surface area (Å²) >= 11 is 0. The maximum absolute atomic E-state index is 12.2. The predicted molar refractivity (Wildman–Crippen MR) is 83.7 cm³/mol. The molecule has 3 rings (SSSR count). The third kappa shape index (κ3) is 2.74. The van der Waals surface area contributed by atoms with E-state index in [-0.39, 0.29) is 5.56 Å². The van der Waals surface area contributed by atoms with Gasteiger partial charge in [-0.25, -0.2) is 4.79 Å². The first-order chi connectivity index (χ1) is 10.7. The Morgan fingerprint density at radius 3 is 2.91 bits per heavy atom. The molecule has 0 aliphatic rings. The zero-order valence-corrected chi connectivity index (χ0v) is 12.0. The fourth-order valence-corrected chi connectivity index (χ4v) is 2.13. The van der Waals surface area contributed by atoms with E-state index >= 15 is 0 Å². The number of nitrogens with zero attached hydrogens (tertiary/aromatic N) is 2. The third-order valence-corrected chi connectivity index (χ3v) is 3.30. The Labute approximate surface area is 126 Å². The summed E-state index contributed by atoms with van der Waals surface area (Å²) in [5.74, 6) is -0.398. The molecule has 0 spiro atoms. The van der Waals surface area contributed by atoms with Crippen molar-refractivity contribution in [3.8, 4) is 0 Å². The SMILES string of the molecule is CCn1ccc(C=CC(=O)c2cc3ccccc3oc2=O)n1. The van der Waals surface area contributed by atoms with Gasteiger partial charge in [0.1, 0.15) is 11.1 Å². The lowest BCUT2D eigenvalue weighted by Gasteiger charge is -1.98. The number of allylic oxidation sites excluding steroid dienone is 1. The molecule has 5 nitrogen and oxygen atoms in total. The first kappa shape index (κ1) is 14.0. The van der Waals surface area contributed by atoms with E-state index in [0.29, 0.717) is 16.7 Å². The summed E-state index contributed by atoms with van der Waals surface area (Å²) in [4.78, 5) is 24.1. The molecule has 0 fully saturated rings. The van der Waals surface area contributed by atoms with E-state index in [0.717, 1.165) is 6.54 Å². The topological polar surface area (TPSA) is 65.1 Å². The lowest BCUT2D eigenvalue weighted by atomic mass is 10.1. The van der Waals surface area contributed by atoms with Crippen LogP contribution in [0, 0.1) is 0 Å². The molecule has 0 saturated carbocycles. The molecular weight excluding hydrogens is 280 g/mol. The summed E-state index contributed by atoms with van der Waals surface area (Å²) in [5, 5.41) is 4.96. The number of hydrogen-bond donors (Lipinski definition) is 0. The molecule has 1 aromatic carbocycles. The summed E-state index contributed by atoms with van der Waals surface area (Å²) in [5.41, 5.74) is 0.521. The fourth-order valence-electron chi connectivity index (χ4n) is 2.13. The quantitative estimate of drug-likeness (QED) is 0.421. The van der Waals surface area contributed by atoms with Crippen LogP contribution in [-0.2, 0) is 6.54 Å². The Hall–Kier alpha value is -2.95. The van der Waals surface area contributed by atoms with Gasteiger partial charge in [-0.1, -0.05) is 18.2 Å². The average Bonchev–Trinajstić information content (AvgIpc) is 3.00. The van der Waals surface area contributed by atoms with Gasteiger partial charge < -0.3 is 4.42 Å². The summed E-state index contributed by atoms with van der Waals surface area (Å²) < 4.78 is 6.92. The smallest absolute Gasteiger partial charge is 0.347 e. The summed E-state index contributed by atoms with van der Waals surface area (Å²) in [6.07, 6.45) is 4.75. The molecular formula is C17H14N2O3. The fraction of sp³-hybridized carbons (Fsp3) is 0.118. The molecule has 0 aliphatic carbocycles. The molecule has 2 aromatic heterocycles. The van der Waals surface area contributed by atoms with Gasteiger partial charge in [0.2, 0.25) is 0 Å². The van der Waals surface area contributed by atoms with E-state index in [1.807, 2.05) is 19.2 Å². The number of ketones is 1. The third-order valence-electron chi connectivity index (χ3n) is 3.30. The Morgan fingerprint density at radius 2 is 2.14 bits per heavy atom. The van der Waals surface area contributed by atoms with Crippen LogP contribution in [0.15, 0.2) is 57.9 Å². The highest BCUT2D eigenvalue weighted by molar-refractivity contribution is 6.07. The van der Waals surface area contributed by atoms with Gasteiger partial charge in [-0.3, -0.25) is 9.48 Å². The van der Waals surface area contributed by atoms with E-state index < -0.39 is 11.4 Å². The zero-order valence-electron chi connectivity index (χ0n) is 12.0. The van der Waals surface area contributed by atoms with Crippen LogP contribution in [-0.4, -0.2) is 15.6 Å². The van der Waals surface area contributed by atoms with Crippen molar-refractivity contribution in [1.82, 2.24) is 9.78 Å². The molecule has 0 unspecified atom stereocenters. The number of aryl methyl sites for hydroxylation is 1. The van der Waals surface area contributed by atoms with Gasteiger partial charge in [0, 0.05) is 18.1 Å². The van der Waals surface area contributed by atoms with Crippen LogP contribution < -0.4 is 5.63 Å². The first-order valence-corrected chi connectivity index (χ1v) is 6.96. The minimum atomic E-state index is -0.632. The van der Waals surface area contributed by atoms with Crippen LogP contribution in [0.25, 0.3) is 17.0 Å². The molecule has 110 valence electrons. The minimum absolute atomic E-state index is 0.0184. The Morgan fingerprint density at radius 1 is 1.32 bits per heavy atom. The number of rotatable bonds is 4. The monoisotopic (exact) mass is 294 g/mol. The molecule has 3 aromatic rings. The van der Waals surface area contributed by atoms with Crippen molar-refractivity contribution >= 4 is 22.8 Å². The van der Waals surface area contributed by atoms with E-state index in [2.05, 4.69) is 5.10 Å². The van der Waals surface area contributed by atoms with E-state index in [9.17, 15) is 9.59 Å². The lowest BCUT2D eigenvalue weighted by Crippen LogP contribution is -2.11. The summed E-state index contributed by atoms with van der Waals surface area (Å²) in [6.45, 7) is 2.74. The molecule has 5 heteroatoms. The number of fused-ring (bicyclic) bond motifs is 1. The second-order valence-electron chi connectivity index (χ2n) is 4.78. The van der Waals surface area contributed by atoms with Crippen LogP contribution in [0.5, 0.6) is 0 Å². The number of hydrogen-bond acceptors (Lipinski definition) is 4.